The molecule has 2 rings (SSSR count). The second kappa shape index (κ2) is 3.88. The van der Waals surface area contributed by atoms with Gasteiger partial charge in [0.15, 0.2) is 0 Å². The SMILES string of the molecule is Cc1nnc(OC2CCNC2)nc1C. The summed E-state index contributed by atoms with van der Waals surface area (Å²) in [4.78, 5) is 4.21. The van der Waals surface area contributed by atoms with E-state index < -0.39 is 0 Å². The van der Waals surface area contributed by atoms with Crippen LogP contribution in [0.3, 0.4) is 0 Å². The lowest BCUT2D eigenvalue weighted by molar-refractivity contribution is 0.201. The van der Waals surface area contributed by atoms with E-state index in [0.29, 0.717) is 6.01 Å². The first kappa shape index (κ1) is 9.33. The Hall–Kier alpha value is -1.23. The number of rotatable bonds is 2. The van der Waals surface area contributed by atoms with Crippen molar-refractivity contribution < 1.29 is 4.74 Å². The fourth-order valence-corrected chi connectivity index (χ4v) is 1.36. The molecule has 0 aromatic carbocycles. The molecule has 0 amide bonds. The summed E-state index contributed by atoms with van der Waals surface area (Å²) in [7, 11) is 0. The maximum absolute atomic E-state index is 5.56. The monoisotopic (exact) mass is 194 g/mol. The number of hydrogen-bond acceptors (Lipinski definition) is 5. The molecule has 2 heterocycles. The van der Waals surface area contributed by atoms with Gasteiger partial charge in [0.25, 0.3) is 0 Å². The highest BCUT2D eigenvalue weighted by atomic mass is 16.5. The van der Waals surface area contributed by atoms with Gasteiger partial charge >= 0.3 is 6.01 Å². The molecular formula is C9H14N4O. The predicted molar refractivity (Wildman–Crippen MR) is 51.2 cm³/mol. The molecule has 1 fully saturated rings. The molecule has 0 spiro atoms. The van der Waals surface area contributed by atoms with Crippen LogP contribution in [0.15, 0.2) is 0 Å². The third kappa shape index (κ3) is 1.98. The third-order valence-electron chi connectivity index (χ3n) is 2.36. The Balaban J connectivity index is 2.05. The lowest BCUT2D eigenvalue weighted by Gasteiger charge is -2.10. The van der Waals surface area contributed by atoms with E-state index in [-0.39, 0.29) is 6.10 Å². The van der Waals surface area contributed by atoms with Gasteiger partial charge in [0.2, 0.25) is 0 Å². The van der Waals surface area contributed by atoms with E-state index in [1.807, 2.05) is 13.8 Å². The van der Waals surface area contributed by atoms with E-state index in [4.69, 9.17) is 4.74 Å². The van der Waals surface area contributed by atoms with E-state index in [0.717, 1.165) is 30.9 Å². The number of nitrogens with one attached hydrogen (secondary N) is 1. The second-order valence-electron chi connectivity index (χ2n) is 3.50. The van der Waals surface area contributed by atoms with Gasteiger partial charge in [0.1, 0.15) is 6.10 Å². The molecule has 1 aliphatic rings. The largest absolute Gasteiger partial charge is 0.458 e. The Morgan fingerprint density at radius 3 is 2.79 bits per heavy atom. The van der Waals surface area contributed by atoms with Crippen molar-refractivity contribution in [3.63, 3.8) is 0 Å². The van der Waals surface area contributed by atoms with Crippen LogP contribution in [-0.2, 0) is 0 Å². The van der Waals surface area contributed by atoms with Gasteiger partial charge in [-0.2, -0.15) is 4.98 Å². The van der Waals surface area contributed by atoms with Crippen molar-refractivity contribution in [2.75, 3.05) is 13.1 Å². The standard InChI is InChI=1S/C9H14N4O/c1-6-7(2)12-13-9(11-6)14-8-3-4-10-5-8/h8,10H,3-5H2,1-2H3. The molecule has 5 heteroatoms. The zero-order valence-electron chi connectivity index (χ0n) is 8.45. The minimum atomic E-state index is 0.193. The van der Waals surface area contributed by atoms with E-state index in [2.05, 4.69) is 20.5 Å². The van der Waals surface area contributed by atoms with Crippen molar-refractivity contribution in [3.8, 4) is 6.01 Å². The fraction of sp³-hybridized carbons (Fsp3) is 0.667. The van der Waals surface area contributed by atoms with Crippen molar-refractivity contribution in [1.82, 2.24) is 20.5 Å². The maximum atomic E-state index is 5.56. The molecule has 76 valence electrons. The first-order chi connectivity index (χ1) is 6.75. The van der Waals surface area contributed by atoms with Gasteiger partial charge in [0.05, 0.1) is 11.4 Å². The summed E-state index contributed by atoms with van der Waals surface area (Å²) in [6.45, 7) is 5.67. The van der Waals surface area contributed by atoms with E-state index in [1.165, 1.54) is 0 Å². The van der Waals surface area contributed by atoms with E-state index in [9.17, 15) is 0 Å². The molecule has 1 N–H and O–H groups in total. The molecule has 1 aromatic rings. The van der Waals surface area contributed by atoms with Gasteiger partial charge < -0.3 is 10.1 Å². The van der Waals surface area contributed by atoms with Gasteiger partial charge in [0, 0.05) is 6.54 Å². The highest BCUT2D eigenvalue weighted by Crippen LogP contribution is 2.09. The van der Waals surface area contributed by atoms with Crippen LogP contribution in [0, 0.1) is 13.8 Å². The molecule has 1 aliphatic heterocycles. The van der Waals surface area contributed by atoms with Crippen LogP contribution < -0.4 is 10.1 Å². The molecule has 0 aliphatic carbocycles. The summed E-state index contributed by atoms with van der Waals surface area (Å²) in [5, 5.41) is 11.1. The molecule has 5 nitrogen and oxygen atoms in total. The Kier molecular flexibility index (Phi) is 2.58. The quantitative estimate of drug-likeness (QED) is 0.730. The normalized spacial score (nSPS) is 21.1. The number of aromatic nitrogens is 3. The number of ether oxygens (including phenoxy) is 1. The summed E-state index contributed by atoms with van der Waals surface area (Å²) in [5.74, 6) is 0. The lowest BCUT2D eigenvalue weighted by atomic mass is 10.3. The Morgan fingerprint density at radius 2 is 2.14 bits per heavy atom. The van der Waals surface area contributed by atoms with Gasteiger partial charge in [-0.15, -0.1) is 5.10 Å². The van der Waals surface area contributed by atoms with E-state index in [1.54, 1.807) is 0 Å². The molecular weight excluding hydrogens is 180 g/mol. The highest BCUT2D eigenvalue weighted by molar-refractivity contribution is 5.07. The van der Waals surface area contributed by atoms with E-state index >= 15 is 0 Å². The van der Waals surface area contributed by atoms with Crippen LogP contribution in [0.5, 0.6) is 6.01 Å². The van der Waals surface area contributed by atoms with Crippen molar-refractivity contribution in [2.45, 2.75) is 26.4 Å². The minimum absolute atomic E-state index is 0.193. The zero-order valence-corrected chi connectivity index (χ0v) is 8.45. The minimum Gasteiger partial charge on any atom is -0.458 e. The van der Waals surface area contributed by atoms with Crippen molar-refractivity contribution in [1.29, 1.82) is 0 Å². The third-order valence-corrected chi connectivity index (χ3v) is 2.36. The molecule has 1 atom stereocenters. The van der Waals surface area contributed by atoms with Crippen LogP contribution in [0.2, 0.25) is 0 Å². The first-order valence-corrected chi connectivity index (χ1v) is 4.81. The molecule has 1 unspecified atom stereocenters. The van der Waals surface area contributed by atoms with Crippen molar-refractivity contribution >= 4 is 0 Å². The average molecular weight is 194 g/mol. The fourth-order valence-electron chi connectivity index (χ4n) is 1.36. The summed E-state index contributed by atoms with van der Waals surface area (Å²) in [6, 6.07) is 0.391. The molecule has 0 bridgehead atoms. The molecule has 0 saturated carbocycles. The molecule has 0 radical (unpaired) electrons. The number of aryl methyl sites for hydroxylation is 2. The van der Waals surface area contributed by atoms with Crippen LogP contribution >= 0.6 is 0 Å². The molecule has 1 aromatic heterocycles. The summed E-state index contributed by atoms with van der Waals surface area (Å²) < 4.78 is 5.56. The Labute approximate surface area is 82.9 Å². The number of hydrogen-bond donors (Lipinski definition) is 1. The molecule has 1 saturated heterocycles. The van der Waals surface area contributed by atoms with Gasteiger partial charge in [-0.3, -0.25) is 0 Å². The Bertz CT molecular complexity index is 323. The smallest absolute Gasteiger partial charge is 0.336 e. The van der Waals surface area contributed by atoms with Gasteiger partial charge in [-0.05, 0) is 26.8 Å². The summed E-state index contributed by atoms with van der Waals surface area (Å²) >= 11 is 0. The molecule has 14 heavy (non-hydrogen) atoms. The van der Waals surface area contributed by atoms with Crippen molar-refractivity contribution in [2.24, 2.45) is 0 Å². The van der Waals surface area contributed by atoms with Crippen LogP contribution in [0.1, 0.15) is 17.8 Å². The summed E-state index contributed by atoms with van der Waals surface area (Å²) in [6.07, 6.45) is 1.20. The first-order valence-electron chi connectivity index (χ1n) is 4.81. The van der Waals surface area contributed by atoms with Crippen molar-refractivity contribution in [3.05, 3.63) is 11.4 Å². The van der Waals surface area contributed by atoms with Crippen LogP contribution in [0.25, 0.3) is 0 Å². The Morgan fingerprint density at radius 1 is 1.29 bits per heavy atom. The van der Waals surface area contributed by atoms with Gasteiger partial charge in [-0.1, -0.05) is 5.10 Å². The highest BCUT2D eigenvalue weighted by Gasteiger charge is 2.17. The second-order valence-corrected chi connectivity index (χ2v) is 3.50. The lowest BCUT2D eigenvalue weighted by Crippen LogP contribution is -2.21. The summed E-state index contributed by atoms with van der Waals surface area (Å²) in [5.41, 5.74) is 1.72. The maximum Gasteiger partial charge on any atom is 0.336 e. The predicted octanol–water partition coefficient (Wildman–Crippen LogP) is 0.229. The van der Waals surface area contributed by atoms with Gasteiger partial charge in [-0.25, -0.2) is 0 Å². The zero-order chi connectivity index (χ0) is 9.97. The average Bonchev–Trinajstić information content (AvgIpc) is 2.64. The van der Waals surface area contributed by atoms with Crippen LogP contribution in [0.4, 0.5) is 0 Å². The topological polar surface area (TPSA) is 59.9 Å². The van der Waals surface area contributed by atoms with Crippen LogP contribution in [-0.4, -0.2) is 34.4 Å². The number of nitrogens with zero attached hydrogens (tertiary/aromatic N) is 3.